The van der Waals surface area contributed by atoms with Crippen LogP contribution in [0.2, 0.25) is 0 Å². The van der Waals surface area contributed by atoms with Crippen molar-refractivity contribution in [2.24, 2.45) is 11.7 Å². The summed E-state index contributed by atoms with van der Waals surface area (Å²) in [4.78, 5) is 29.1. The van der Waals surface area contributed by atoms with E-state index in [1.54, 1.807) is 12.1 Å². The van der Waals surface area contributed by atoms with Crippen LogP contribution in [0.3, 0.4) is 0 Å². The second kappa shape index (κ2) is 6.11. The number of hydrogen-bond donors (Lipinski definition) is 2. The van der Waals surface area contributed by atoms with Crippen LogP contribution in [0.15, 0.2) is 12.1 Å². The summed E-state index contributed by atoms with van der Waals surface area (Å²) in [5, 5.41) is 9.23. The van der Waals surface area contributed by atoms with Gasteiger partial charge in [0.05, 0.1) is 11.5 Å². The highest BCUT2D eigenvalue weighted by Gasteiger charge is 2.25. The van der Waals surface area contributed by atoms with Crippen molar-refractivity contribution in [2.45, 2.75) is 32.6 Å². The van der Waals surface area contributed by atoms with Gasteiger partial charge in [-0.05, 0) is 30.9 Å². The van der Waals surface area contributed by atoms with Crippen LogP contribution < -0.4 is 10.6 Å². The van der Waals surface area contributed by atoms with E-state index in [1.807, 2.05) is 18.7 Å². The van der Waals surface area contributed by atoms with Crippen molar-refractivity contribution >= 4 is 17.7 Å². The van der Waals surface area contributed by atoms with Gasteiger partial charge in [0.2, 0.25) is 5.91 Å². The van der Waals surface area contributed by atoms with E-state index in [-0.39, 0.29) is 23.3 Å². The van der Waals surface area contributed by atoms with Gasteiger partial charge in [-0.25, -0.2) is 9.78 Å². The van der Waals surface area contributed by atoms with E-state index in [0.717, 1.165) is 25.1 Å². The third-order valence-corrected chi connectivity index (χ3v) is 3.82. The summed E-state index contributed by atoms with van der Waals surface area (Å²) >= 11 is 0. The van der Waals surface area contributed by atoms with Crippen LogP contribution in [0.5, 0.6) is 0 Å². The van der Waals surface area contributed by atoms with Crippen molar-refractivity contribution in [1.29, 1.82) is 0 Å². The fraction of sp³-hybridized carbons (Fsp3) is 0.533. The molecule has 21 heavy (non-hydrogen) atoms. The number of aromatic nitrogens is 1. The molecule has 1 fully saturated rings. The van der Waals surface area contributed by atoms with Gasteiger partial charge in [0.1, 0.15) is 5.82 Å². The molecule has 0 aromatic carbocycles. The number of aromatic carboxylic acids is 1. The van der Waals surface area contributed by atoms with Gasteiger partial charge >= 0.3 is 5.97 Å². The second-order valence-electron chi connectivity index (χ2n) is 5.79. The highest BCUT2D eigenvalue weighted by Crippen LogP contribution is 2.25. The summed E-state index contributed by atoms with van der Waals surface area (Å²) in [5.74, 6) is -0.719. The number of amides is 1. The van der Waals surface area contributed by atoms with E-state index in [9.17, 15) is 14.7 Å². The van der Waals surface area contributed by atoms with Crippen molar-refractivity contribution < 1.29 is 14.7 Å². The number of carboxylic acids is 1. The molecule has 114 valence electrons. The lowest BCUT2D eigenvalue weighted by Gasteiger charge is -2.32. The number of pyridine rings is 1. The van der Waals surface area contributed by atoms with Crippen molar-refractivity contribution in [3.05, 3.63) is 23.4 Å². The van der Waals surface area contributed by atoms with Gasteiger partial charge in [0.25, 0.3) is 0 Å². The van der Waals surface area contributed by atoms with Gasteiger partial charge in [0.15, 0.2) is 0 Å². The van der Waals surface area contributed by atoms with Gasteiger partial charge in [-0.3, -0.25) is 4.79 Å². The smallest absolute Gasteiger partial charge is 0.335 e. The first-order valence-electron chi connectivity index (χ1n) is 7.18. The first kappa shape index (κ1) is 15.3. The number of anilines is 1. The highest BCUT2D eigenvalue weighted by molar-refractivity contribution is 5.88. The Labute approximate surface area is 124 Å². The van der Waals surface area contributed by atoms with Gasteiger partial charge in [-0.2, -0.15) is 0 Å². The SMILES string of the molecule is CC(C)c1cc(C(=O)O)cc(N2CCCC(C(N)=O)C2)n1. The number of carbonyl (C=O) groups excluding carboxylic acids is 1. The molecule has 1 aromatic rings. The third-order valence-electron chi connectivity index (χ3n) is 3.82. The molecular weight excluding hydrogens is 270 g/mol. The minimum absolute atomic E-state index is 0.139. The monoisotopic (exact) mass is 291 g/mol. The van der Waals surface area contributed by atoms with E-state index in [1.165, 1.54) is 0 Å². The summed E-state index contributed by atoms with van der Waals surface area (Å²) in [6.45, 7) is 5.21. The van der Waals surface area contributed by atoms with Crippen molar-refractivity contribution in [2.75, 3.05) is 18.0 Å². The van der Waals surface area contributed by atoms with Crippen molar-refractivity contribution in [3.63, 3.8) is 0 Å². The lowest BCUT2D eigenvalue weighted by Crippen LogP contribution is -2.41. The van der Waals surface area contributed by atoms with E-state index < -0.39 is 5.97 Å². The Bertz CT molecular complexity index is 557. The van der Waals surface area contributed by atoms with E-state index in [2.05, 4.69) is 4.98 Å². The number of primary amides is 1. The number of carboxylic acid groups (broad SMARTS) is 1. The molecule has 1 aliphatic rings. The molecule has 0 radical (unpaired) electrons. The Morgan fingerprint density at radius 2 is 2.14 bits per heavy atom. The minimum Gasteiger partial charge on any atom is -0.478 e. The van der Waals surface area contributed by atoms with Crippen LogP contribution in [-0.2, 0) is 4.79 Å². The maximum Gasteiger partial charge on any atom is 0.335 e. The van der Waals surface area contributed by atoms with Crippen molar-refractivity contribution in [1.82, 2.24) is 4.98 Å². The normalized spacial score (nSPS) is 18.8. The lowest BCUT2D eigenvalue weighted by molar-refractivity contribution is -0.122. The molecule has 1 unspecified atom stereocenters. The van der Waals surface area contributed by atoms with Gasteiger partial charge in [-0.1, -0.05) is 13.8 Å². The Hall–Kier alpha value is -2.11. The quantitative estimate of drug-likeness (QED) is 0.878. The fourth-order valence-electron chi connectivity index (χ4n) is 2.54. The maximum absolute atomic E-state index is 11.4. The number of hydrogen-bond acceptors (Lipinski definition) is 4. The summed E-state index contributed by atoms with van der Waals surface area (Å²) in [6.07, 6.45) is 1.63. The first-order valence-corrected chi connectivity index (χ1v) is 7.18. The van der Waals surface area contributed by atoms with Crippen LogP contribution in [-0.4, -0.2) is 35.1 Å². The Morgan fingerprint density at radius 1 is 1.43 bits per heavy atom. The molecule has 1 saturated heterocycles. The van der Waals surface area contributed by atoms with Crippen molar-refractivity contribution in [3.8, 4) is 0 Å². The molecule has 1 aliphatic heterocycles. The Balaban J connectivity index is 2.33. The van der Waals surface area contributed by atoms with Crippen LogP contribution in [0, 0.1) is 5.92 Å². The number of rotatable bonds is 4. The summed E-state index contributed by atoms with van der Waals surface area (Å²) in [6, 6.07) is 3.17. The lowest BCUT2D eigenvalue weighted by atomic mass is 9.97. The highest BCUT2D eigenvalue weighted by atomic mass is 16.4. The number of nitrogens with zero attached hydrogens (tertiary/aromatic N) is 2. The van der Waals surface area contributed by atoms with E-state index >= 15 is 0 Å². The number of nitrogens with two attached hydrogens (primary N) is 1. The number of carbonyl (C=O) groups is 2. The molecule has 1 amide bonds. The molecule has 2 heterocycles. The topological polar surface area (TPSA) is 96.5 Å². The molecule has 0 spiro atoms. The van der Waals surface area contributed by atoms with Crippen LogP contribution in [0.1, 0.15) is 48.7 Å². The summed E-state index contributed by atoms with van der Waals surface area (Å²) in [7, 11) is 0. The summed E-state index contributed by atoms with van der Waals surface area (Å²) < 4.78 is 0. The molecule has 0 aliphatic carbocycles. The first-order chi connectivity index (χ1) is 9.88. The molecule has 6 heteroatoms. The zero-order valence-corrected chi connectivity index (χ0v) is 12.4. The molecule has 1 atom stereocenters. The second-order valence-corrected chi connectivity index (χ2v) is 5.79. The number of piperidine rings is 1. The van der Waals surface area contributed by atoms with Crippen LogP contribution in [0.25, 0.3) is 0 Å². The standard InChI is InChI=1S/C15H21N3O3/c1-9(2)12-6-11(15(20)21)7-13(17-12)18-5-3-4-10(8-18)14(16)19/h6-7,9-10H,3-5,8H2,1-2H3,(H2,16,19)(H,20,21). The average molecular weight is 291 g/mol. The largest absolute Gasteiger partial charge is 0.478 e. The van der Waals surface area contributed by atoms with Gasteiger partial charge < -0.3 is 15.7 Å². The molecule has 3 N–H and O–H groups in total. The summed E-state index contributed by atoms with van der Waals surface area (Å²) in [5.41, 5.74) is 6.35. The van der Waals surface area contributed by atoms with Crippen LogP contribution in [0.4, 0.5) is 5.82 Å². The van der Waals surface area contributed by atoms with Gasteiger partial charge in [0, 0.05) is 18.8 Å². The molecule has 6 nitrogen and oxygen atoms in total. The fourth-order valence-corrected chi connectivity index (χ4v) is 2.54. The Kier molecular flexibility index (Phi) is 4.45. The molecule has 0 saturated carbocycles. The zero-order valence-electron chi connectivity index (χ0n) is 12.4. The van der Waals surface area contributed by atoms with Crippen LogP contribution >= 0.6 is 0 Å². The molecule has 0 bridgehead atoms. The van der Waals surface area contributed by atoms with E-state index in [0.29, 0.717) is 12.4 Å². The minimum atomic E-state index is -0.969. The zero-order chi connectivity index (χ0) is 15.6. The molecule has 2 rings (SSSR count). The van der Waals surface area contributed by atoms with E-state index in [4.69, 9.17) is 5.73 Å². The predicted octanol–water partition coefficient (Wildman–Crippen LogP) is 1.60. The van der Waals surface area contributed by atoms with Gasteiger partial charge in [-0.15, -0.1) is 0 Å². The average Bonchev–Trinajstić information content (AvgIpc) is 2.46. The Morgan fingerprint density at radius 3 is 2.71 bits per heavy atom. The third kappa shape index (κ3) is 3.51. The molecule has 1 aromatic heterocycles. The maximum atomic E-state index is 11.4. The molecular formula is C15H21N3O3. The predicted molar refractivity (Wildman–Crippen MR) is 79.4 cm³/mol.